The van der Waals surface area contributed by atoms with Gasteiger partial charge in [0.1, 0.15) is 0 Å². The van der Waals surface area contributed by atoms with Gasteiger partial charge < -0.3 is 14.5 Å². The number of carbonyl (C=O) groups excluding carboxylic acids is 1. The number of piperidine rings is 1. The highest BCUT2D eigenvalue weighted by Gasteiger charge is 2.23. The van der Waals surface area contributed by atoms with Gasteiger partial charge in [0.2, 0.25) is 5.91 Å². The second-order valence-electron chi connectivity index (χ2n) is 3.64. The Hall–Kier alpha value is -1.10. The maximum absolute atomic E-state index is 11.3. The number of nitrogens with one attached hydrogen (secondary N) is 1. The van der Waals surface area contributed by atoms with Crippen LogP contribution in [0.5, 0.6) is 0 Å². The number of imidazole rings is 1. The fourth-order valence-electron chi connectivity index (χ4n) is 1.84. The lowest BCUT2D eigenvalue weighted by atomic mass is 10.1. The smallest absolute Gasteiger partial charge is 0.222 e. The fourth-order valence-corrected chi connectivity index (χ4v) is 2.11. The summed E-state index contributed by atoms with van der Waals surface area (Å²) >= 11 is 5.14. The third-order valence-corrected chi connectivity index (χ3v) is 3.00. The van der Waals surface area contributed by atoms with E-state index in [0.29, 0.717) is 12.5 Å². The largest absolute Gasteiger partial charge is 0.344 e. The van der Waals surface area contributed by atoms with Crippen molar-refractivity contribution in [2.24, 2.45) is 0 Å². The average Bonchev–Trinajstić information content (AvgIpc) is 2.57. The number of rotatable bonds is 1. The average molecular weight is 211 g/mol. The summed E-state index contributed by atoms with van der Waals surface area (Å²) in [6, 6.07) is 0.330. The lowest BCUT2D eigenvalue weighted by molar-refractivity contribution is -0.132. The molecule has 1 saturated heterocycles. The Morgan fingerprint density at radius 2 is 2.43 bits per heavy atom. The number of H-pyrrole nitrogens is 1. The highest BCUT2D eigenvalue weighted by Crippen LogP contribution is 2.21. The van der Waals surface area contributed by atoms with Crippen LogP contribution < -0.4 is 0 Å². The zero-order chi connectivity index (χ0) is 10.1. The van der Waals surface area contributed by atoms with E-state index in [4.69, 9.17) is 12.2 Å². The van der Waals surface area contributed by atoms with Crippen LogP contribution in [0.4, 0.5) is 0 Å². The molecule has 0 aliphatic carbocycles. The van der Waals surface area contributed by atoms with Gasteiger partial charge in [-0.25, -0.2) is 0 Å². The molecule has 1 aromatic rings. The van der Waals surface area contributed by atoms with E-state index in [1.165, 1.54) is 0 Å². The standard InChI is InChI=1S/C9H13N3OS/c1-11-6-7(2-3-8(11)13)12-5-4-10-9(12)14/h4-5,7H,2-3,6H2,1H3,(H,10,14). The molecule has 1 atom stereocenters. The molecule has 76 valence electrons. The topological polar surface area (TPSA) is 41.0 Å². The van der Waals surface area contributed by atoms with Gasteiger partial charge in [-0.05, 0) is 18.6 Å². The number of aromatic amines is 1. The van der Waals surface area contributed by atoms with E-state index in [-0.39, 0.29) is 5.91 Å². The molecule has 1 aromatic heterocycles. The van der Waals surface area contributed by atoms with Gasteiger partial charge in [0, 0.05) is 32.4 Å². The Morgan fingerprint density at radius 1 is 1.64 bits per heavy atom. The molecule has 5 heteroatoms. The van der Waals surface area contributed by atoms with Crippen LogP contribution in [0.15, 0.2) is 12.4 Å². The van der Waals surface area contributed by atoms with Gasteiger partial charge in [0.05, 0.1) is 6.04 Å². The van der Waals surface area contributed by atoms with Crippen LogP contribution in [0, 0.1) is 4.77 Å². The third-order valence-electron chi connectivity index (χ3n) is 2.67. The second-order valence-corrected chi connectivity index (χ2v) is 4.03. The summed E-state index contributed by atoms with van der Waals surface area (Å²) in [5.74, 6) is 0.225. The highest BCUT2D eigenvalue weighted by molar-refractivity contribution is 7.71. The number of aromatic nitrogens is 2. The summed E-state index contributed by atoms with van der Waals surface area (Å²) in [4.78, 5) is 16.0. The minimum absolute atomic E-state index is 0.225. The second kappa shape index (κ2) is 3.57. The van der Waals surface area contributed by atoms with Gasteiger partial charge in [-0.2, -0.15) is 0 Å². The molecule has 1 fully saturated rings. The first-order valence-electron chi connectivity index (χ1n) is 4.68. The number of amides is 1. The van der Waals surface area contributed by atoms with Gasteiger partial charge in [-0.3, -0.25) is 4.79 Å². The van der Waals surface area contributed by atoms with Crippen LogP contribution in [0.3, 0.4) is 0 Å². The maximum atomic E-state index is 11.3. The molecule has 0 spiro atoms. The van der Waals surface area contributed by atoms with Crippen LogP contribution in [0.25, 0.3) is 0 Å². The minimum Gasteiger partial charge on any atom is -0.344 e. The lowest BCUT2D eigenvalue weighted by Crippen LogP contribution is -2.37. The van der Waals surface area contributed by atoms with Crippen LogP contribution in [0.2, 0.25) is 0 Å². The van der Waals surface area contributed by atoms with E-state index in [9.17, 15) is 4.79 Å². The molecule has 1 unspecified atom stereocenters. The Kier molecular flexibility index (Phi) is 2.41. The first-order chi connectivity index (χ1) is 6.68. The number of hydrogen-bond acceptors (Lipinski definition) is 2. The van der Waals surface area contributed by atoms with E-state index >= 15 is 0 Å². The number of hydrogen-bond donors (Lipinski definition) is 1. The summed E-state index contributed by atoms with van der Waals surface area (Å²) in [6.45, 7) is 0.755. The van der Waals surface area contributed by atoms with Gasteiger partial charge in [0.25, 0.3) is 0 Å². The summed E-state index contributed by atoms with van der Waals surface area (Å²) in [7, 11) is 1.84. The van der Waals surface area contributed by atoms with Crippen molar-refractivity contribution >= 4 is 18.1 Å². The van der Waals surface area contributed by atoms with Crippen LogP contribution in [-0.2, 0) is 4.79 Å². The lowest BCUT2D eigenvalue weighted by Gasteiger charge is -2.30. The van der Waals surface area contributed by atoms with E-state index in [1.807, 2.05) is 24.0 Å². The van der Waals surface area contributed by atoms with E-state index in [2.05, 4.69) is 4.98 Å². The first kappa shape index (κ1) is 9.45. The Bertz CT molecular complexity index is 395. The Morgan fingerprint density at radius 3 is 3.00 bits per heavy atom. The van der Waals surface area contributed by atoms with Gasteiger partial charge in [-0.1, -0.05) is 0 Å². The summed E-state index contributed by atoms with van der Waals surface area (Å²) < 4.78 is 2.76. The molecule has 2 rings (SSSR count). The summed E-state index contributed by atoms with van der Waals surface area (Å²) in [5.41, 5.74) is 0. The number of nitrogens with zero attached hydrogens (tertiary/aromatic N) is 2. The van der Waals surface area contributed by atoms with Crippen molar-refractivity contribution in [1.82, 2.24) is 14.5 Å². The van der Waals surface area contributed by atoms with Crippen molar-refractivity contribution in [2.45, 2.75) is 18.9 Å². The molecule has 14 heavy (non-hydrogen) atoms. The van der Waals surface area contributed by atoms with E-state index in [1.54, 1.807) is 4.90 Å². The number of likely N-dealkylation sites (N-methyl/N-ethyl adjacent to an activating group) is 1. The van der Waals surface area contributed by atoms with E-state index in [0.717, 1.165) is 17.7 Å². The Balaban J connectivity index is 2.18. The minimum atomic E-state index is 0.225. The Labute approximate surface area is 87.5 Å². The summed E-state index contributed by atoms with van der Waals surface area (Å²) in [5, 5.41) is 0. The van der Waals surface area contributed by atoms with Crippen molar-refractivity contribution < 1.29 is 4.79 Å². The van der Waals surface area contributed by atoms with E-state index < -0.39 is 0 Å². The SMILES string of the molecule is CN1CC(n2cc[nH]c2=S)CCC1=O. The van der Waals surface area contributed by atoms with Crippen molar-refractivity contribution in [3.05, 3.63) is 17.2 Å². The highest BCUT2D eigenvalue weighted by atomic mass is 32.1. The molecule has 1 amide bonds. The van der Waals surface area contributed by atoms with Gasteiger partial charge in [0.15, 0.2) is 4.77 Å². The van der Waals surface area contributed by atoms with Gasteiger partial charge in [-0.15, -0.1) is 0 Å². The monoisotopic (exact) mass is 211 g/mol. The zero-order valence-corrected chi connectivity index (χ0v) is 8.88. The molecule has 0 radical (unpaired) electrons. The molecule has 2 heterocycles. The molecular weight excluding hydrogens is 198 g/mol. The third kappa shape index (κ3) is 1.59. The van der Waals surface area contributed by atoms with Crippen molar-refractivity contribution in [3.8, 4) is 0 Å². The number of likely N-dealkylation sites (tertiary alicyclic amines) is 1. The molecule has 1 aliphatic rings. The molecule has 0 bridgehead atoms. The van der Waals surface area contributed by atoms with Crippen LogP contribution in [0.1, 0.15) is 18.9 Å². The van der Waals surface area contributed by atoms with Crippen LogP contribution >= 0.6 is 12.2 Å². The molecular formula is C9H13N3OS. The van der Waals surface area contributed by atoms with Crippen molar-refractivity contribution in [3.63, 3.8) is 0 Å². The summed E-state index contributed by atoms with van der Waals surface area (Å²) in [6.07, 6.45) is 5.28. The molecule has 1 aliphatic heterocycles. The zero-order valence-electron chi connectivity index (χ0n) is 8.06. The molecule has 4 nitrogen and oxygen atoms in total. The molecule has 1 N–H and O–H groups in total. The predicted octanol–water partition coefficient (Wildman–Crippen LogP) is 1.34. The predicted molar refractivity (Wildman–Crippen MR) is 55.5 cm³/mol. The number of carbonyl (C=O) groups is 1. The quantitative estimate of drug-likeness (QED) is 0.712. The fraction of sp³-hybridized carbons (Fsp3) is 0.556. The first-order valence-corrected chi connectivity index (χ1v) is 5.09. The molecule has 0 saturated carbocycles. The van der Waals surface area contributed by atoms with Crippen molar-refractivity contribution in [2.75, 3.05) is 13.6 Å². The normalized spacial score (nSPS) is 22.8. The molecule has 0 aromatic carbocycles. The van der Waals surface area contributed by atoms with Gasteiger partial charge >= 0.3 is 0 Å². The van der Waals surface area contributed by atoms with Crippen LogP contribution in [-0.4, -0.2) is 34.0 Å². The maximum Gasteiger partial charge on any atom is 0.222 e. The van der Waals surface area contributed by atoms with Crippen molar-refractivity contribution in [1.29, 1.82) is 0 Å².